The van der Waals surface area contributed by atoms with Gasteiger partial charge in [-0.2, -0.15) is 15.2 Å². The number of halogens is 2. The third kappa shape index (κ3) is 5.08. The van der Waals surface area contributed by atoms with Gasteiger partial charge in [0.1, 0.15) is 12.4 Å². The van der Waals surface area contributed by atoms with Crippen LogP contribution in [0.5, 0.6) is 6.01 Å². The van der Waals surface area contributed by atoms with E-state index >= 15 is 0 Å². The summed E-state index contributed by atoms with van der Waals surface area (Å²) in [7, 11) is 2.11. The third-order valence-corrected chi connectivity index (χ3v) is 9.52. The van der Waals surface area contributed by atoms with Crippen LogP contribution in [0.1, 0.15) is 48.1 Å². The minimum absolute atomic E-state index is 0.0889. The number of likely N-dealkylation sites (N-methyl/N-ethyl adjacent to an activating group) is 1. The van der Waals surface area contributed by atoms with Crippen LogP contribution in [0.2, 0.25) is 5.02 Å². The summed E-state index contributed by atoms with van der Waals surface area (Å²) in [5.74, 6) is -0.989. The Labute approximate surface area is 245 Å². The van der Waals surface area contributed by atoms with Gasteiger partial charge in [-0.05, 0) is 56.5 Å². The van der Waals surface area contributed by atoms with Crippen molar-refractivity contribution < 1.29 is 13.9 Å². The number of fused-ring (bicyclic) bond motifs is 3. The number of anilines is 1. The van der Waals surface area contributed by atoms with E-state index in [1.165, 1.54) is 10.5 Å². The monoisotopic (exact) mass is 576 g/mol. The van der Waals surface area contributed by atoms with Crippen molar-refractivity contribution in [3.05, 3.63) is 64.1 Å². The number of ether oxygens (including phenoxy) is 1. The lowest BCUT2D eigenvalue weighted by molar-refractivity contribution is -0.131. The van der Waals surface area contributed by atoms with Crippen LogP contribution in [0.15, 0.2) is 36.7 Å². The second kappa shape index (κ2) is 11.1. The van der Waals surface area contributed by atoms with Gasteiger partial charge >= 0.3 is 6.01 Å². The highest BCUT2D eigenvalue weighted by molar-refractivity contribution is 6.32. The molecule has 1 aromatic heterocycles. The molecular formula is C31H34ClFN6O2. The highest BCUT2D eigenvalue weighted by Gasteiger charge is 2.42. The van der Waals surface area contributed by atoms with E-state index in [2.05, 4.69) is 47.7 Å². The number of carbonyl (C=O) groups excluding carboxylic acids is 1. The number of carbonyl (C=O) groups is 1. The maximum Gasteiger partial charge on any atom is 0.318 e. The van der Waals surface area contributed by atoms with Gasteiger partial charge in [0.25, 0.3) is 5.91 Å². The first-order chi connectivity index (χ1) is 19.8. The average molecular weight is 577 g/mol. The largest absolute Gasteiger partial charge is 0.462 e. The molecule has 3 atom stereocenters. The van der Waals surface area contributed by atoms with Crippen LogP contribution < -0.4 is 9.64 Å². The van der Waals surface area contributed by atoms with Gasteiger partial charge in [0, 0.05) is 48.1 Å². The Morgan fingerprint density at radius 1 is 1.29 bits per heavy atom. The fourth-order valence-corrected chi connectivity index (χ4v) is 7.15. The summed E-state index contributed by atoms with van der Waals surface area (Å²) in [5.41, 5.74) is 4.11. The lowest BCUT2D eigenvalue weighted by Gasteiger charge is -2.42. The summed E-state index contributed by atoms with van der Waals surface area (Å²) in [6, 6.07) is 8.43. The second-order valence-corrected chi connectivity index (χ2v) is 12.0. The molecule has 0 bridgehead atoms. The Morgan fingerprint density at radius 3 is 2.90 bits per heavy atom. The first-order valence-corrected chi connectivity index (χ1v) is 14.7. The Bertz CT molecular complexity index is 1460. The van der Waals surface area contributed by atoms with E-state index in [0.717, 1.165) is 59.9 Å². The molecule has 0 unspecified atom stereocenters. The Balaban J connectivity index is 1.34. The standard InChI is InChI=1S/C31H34ClFN6O2/c1-20(33)29(40)39-16-15-38(18-21(39)10-13-34)28-24-9-12-31(11-8-23-25(31)6-3-7-26(23)32)17-27(24)35-30(36-28)41-19-22-5-4-14-37(22)2/h3,6-8,11,21-22H,1,4-5,9-10,12,14-19H2,2H3/t21-,22-,31+/m0/s1. The van der Waals surface area contributed by atoms with Crippen LogP contribution >= 0.6 is 11.6 Å². The minimum Gasteiger partial charge on any atom is -0.462 e. The molecule has 3 heterocycles. The molecule has 2 aromatic rings. The second-order valence-electron chi connectivity index (χ2n) is 11.6. The van der Waals surface area contributed by atoms with Crippen molar-refractivity contribution in [3.8, 4) is 12.1 Å². The first kappa shape index (κ1) is 27.7. The van der Waals surface area contributed by atoms with E-state index < -0.39 is 17.8 Å². The number of likely N-dealkylation sites (tertiary alicyclic amines) is 1. The summed E-state index contributed by atoms with van der Waals surface area (Å²) in [4.78, 5) is 28.2. The molecule has 2 saturated heterocycles. The summed E-state index contributed by atoms with van der Waals surface area (Å²) in [6.45, 7) is 5.83. The topological polar surface area (TPSA) is 85.6 Å². The zero-order valence-corrected chi connectivity index (χ0v) is 24.0. The molecular weight excluding hydrogens is 543 g/mol. The molecule has 214 valence electrons. The van der Waals surface area contributed by atoms with Crippen molar-refractivity contribution in [1.29, 1.82) is 5.26 Å². The highest BCUT2D eigenvalue weighted by atomic mass is 35.5. The molecule has 1 spiro atoms. The fourth-order valence-electron chi connectivity index (χ4n) is 6.92. The molecule has 1 amide bonds. The SMILES string of the molecule is C=C(F)C(=O)N1CCN(c2nc(OC[C@@H]3CCCN3C)nc3c2CC[C@]2(C=Cc4c(Cl)cccc42)C3)C[C@@H]1CC#N. The normalized spacial score (nSPS) is 25.2. The van der Waals surface area contributed by atoms with Gasteiger partial charge in [0.2, 0.25) is 0 Å². The maximum absolute atomic E-state index is 13.8. The molecule has 2 aliphatic carbocycles. The number of nitrogens with zero attached hydrogens (tertiary/aromatic N) is 6. The number of amides is 1. The molecule has 0 N–H and O–H groups in total. The Hall–Kier alpha value is -3.48. The summed E-state index contributed by atoms with van der Waals surface area (Å²) in [6.07, 6.45) is 9.04. The zero-order valence-electron chi connectivity index (χ0n) is 23.3. The van der Waals surface area contributed by atoms with Gasteiger partial charge < -0.3 is 19.4 Å². The van der Waals surface area contributed by atoms with Gasteiger partial charge in [-0.25, -0.2) is 4.39 Å². The van der Waals surface area contributed by atoms with Gasteiger partial charge in [-0.3, -0.25) is 4.79 Å². The quantitative estimate of drug-likeness (QED) is 0.469. The van der Waals surface area contributed by atoms with Crippen LogP contribution in [0, 0.1) is 11.3 Å². The van der Waals surface area contributed by atoms with Crippen LogP contribution in [0.25, 0.3) is 6.08 Å². The van der Waals surface area contributed by atoms with Crippen molar-refractivity contribution in [2.45, 2.75) is 56.0 Å². The van der Waals surface area contributed by atoms with E-state index in [9.17, 15) is 14.4 Å². The third-order valence-electron chi connectivity index (χ3n) is 9.19. The van der Waals surface area contributed by atoms with Crippen LogP contribution in [0.3, 0.4) is 0 Å². The lowest BCUT2D eigenvalue weighted by Crippen LogP contribution is -2.55. The predicted molar refractivity (Wildman–Crippen MR) is 156 cm³/mol. The molecule has 2 fully saturated rings. The minimum atomic E-state index is -1.01. The van der Waals surface area contributed by atoms with E-state index in [0.29, 0.717) is 38.2 Å². The summed E-state index contributed by atoms with van der Waals surface area (Å²) in [5, 5.41) is 10.2. The summed E-state index contributed by atoms with van der Waals surface area (Å²) >= 11 is 6.55. The molecule has 0 radical (unpaired) electrons. The van der Waals surface area contributed by atoms with Gasteiger partial charge in [0.15, 0.2) is 5.83 Å². The highest BCUT2D eigenvalue weighted by Crippen LogP contribution is 2.48. The average Bonchev–Trinajstić information content (AvgIpc) is 3.54. The van der Waals surface area contributed by atoms with Crippen molar-refractivity contribution in [1.82, 2.24) is 19.8 Å². The predicted octanol–water partition coefficient (Wildman–Crippen LogP) is 4.47. The van der Waals surface area contributed by atoms with E-state index in [-0.39, 0.29) is 18.4 Å². The van der Waals surface area contributed by atoms with Crippen LogP contribution in [-0.2, 0) is 23.1 Å². The fraction of sp³-hybridized carbons (Fsp3) is 0.484. The first-order valence-electron chi connectivity index (χ1n) is 14.3. The molecule has 8 nitrogen and oxygen atoms in total. The molecule has 6 rings (SSSR count). The molecule has 41 heavy (non-hydrogen) atoms. The van der Waals surface area contributed by atoms with Gasteiger partial charge in [-0.15, -0.1) is 0 Å². The molecule has 1 aromatic carbocycles. The number of hydrogen-bond donors (Lipinski definition) is 0. The summed E-state index contributed by atoms with van der Waals surface area (Å²) < 4.78 is 20.0. The Kier molecular flexibility index (Phi) is 7.47. The number of rotatable bonds is 6. The van der Waals surface area contributed by atoms with Crippen LogP contribution in [0.4, 0.5) is 10.2 Å². The van der Waals surface area contributed by atoms with Crippen molar-refractivity contribution in [3.63, 3.8) is 0 Å². The maximum atomic E-state index is 13.8. The number of piperazine rings is 1. The number of benzene rings is 1. The molecule has 2 aliphatic heterocycles. The smallest absolute Gasteiger partial charge is 0.318 e. The number of aromatic nitrogens is 2. The molecule has 0 saturated carbocycles. The molecule has 10 heteroatoms. The van der Waals surface area contributed by atoms with Gasteiger partial charge in [-0.1, -0.05) is 42.5 Å². The Morgan fingerprint density at radius 2 is 2.15 bits per heavy atom. The van der Waals surface area contributed by atoms with Crippen molar-refractivity contribution in [2.75, 3.05) is 44.7 Å². The van der Waals surface area contributed by atoms with Crippen LogP contribution in [-0.4, -0.2) is 77.6 Å². The molecule has 4 aliphatic rings. The van der Waals surface area contributed by atoms with Gasteiger partial charge in [0.05, 0.1) is 24.2 Å². The number of nitriles is 1. The number of allylic oxidation sites excluding steroid dienone is 1. The van der Waals surface area contributed by atoms with E-state index in [1.54, 1.807) is 0 Å². The van der Waals surface area contributed by atoms with Crippen molar-refractivity contribution >= 4 is 29.4 Å². The van der Waals surface area contributed by atoms with E-state index in [1.807, 2.05) is 12.1 Å². The zero-order chi connectivity index (χ0) is 28.7. The number of hydrogen-bond acceptors (Lipinski definition) is 7. The van der Waals surface area contributed by atoms with E-state index in [4.69, 9.17) is 26.3 Å². The lowest BCUT2D eigenvalue weighted by atomic mass is 9.70. The van der Waals surface area contributed by atoms with Crippen molar-refractivity contribution in [2.24, 2.45) is 0 Å².